The number of nitrogens with one attached hydrogen (secondary N) is 1. The minimum Gasteiger partial charge on any atom is -0.484 e. The van der Waals surface area contributed by atoms with Crippen molar-refractivity contribution < 1.29 is 22.7 Å². The van der Waals surface area contributed by atoms with Crippen molar-refractivity contribution in [1.82, 2.24) is 19.5 Å². The van der Waals surface area contributed by atoms with Crippen LogP contribution in [0.15, 0.2) is 53.5 Å². The summed E-state index contributed by atoms with van der Waals surface area (Å²) in [6.45, 7) is -1.45. The molecule has 0 fully saturated rings. The fraction of sp³-hybridized carbons (Fsp3) is 0.235. The summed E-state index contributed by atoms with van der Waals surface area (Å²) in [6, 6.07) is 10.9. The van der Waals surface area contributed by atoms with Crippen molar-refractivity contribution in [2.45, 2.75) is 19.3 Å². The predicted molar refractivity (Wildman–Crippen MR) is 89.3 cm³/mol. The van der Waals surface area contributed by atoms with Gasteiger partial charge in [-0.3, -0.25) is 9.20 Å². The van der Waals surface area contributed by atoms with Crippen LogP contribution in [0.3, 0.4) is 0 Å². The largest absolute Gasteiger partial charge is 0.484 e. The van der Waals surface area contributed by atoms with Crippen LogP contribution in [0.5, 0.6) is 5.75 Å². The van der Waals surface area contributed by atoms with Crippen LogP contribution in [0.1, 0.15) is 5.56 Å². The summed E-state index contributed by atoms with van der Waals surface area (Å²) in [6.07, 6.45) is -2.84. The minimum atomic E-state index is -4.40. The molecular weight excluding hydrogens is 365 g/mol. The first-order valence-corrected chi connectivity index (χ1v) is 7.91. The van der Waals surface area contributed by atoms with Crippen molar-refractivity contribution >= 4 is 11.6 Å². The highest BCUT2D eigenvalue weighted by atomic mass is 19.4. The number of ether oxygens (including phenoxy) is 1. The summed E-state index contributed by atoms with van der Waals surface area (Å²) in [7, 11) is 0. The van der Waals surface area contributed by atoms with E-state index < -0.39 is 24.4 Å². The molecule has 0 aliphatic heterocycles. The lowest BCUT2D eigenvalue weighted by Gasteiger charge is -2.10. The summed E-state index contributed by atoms with van der Waals surface area (Å²) in [5.74, 6) is -0.337. The normalized spacial score (nSPS) is 11.5. The lowest BCUT2D eigenvalue weighted by atomic mass is 10.2. The van der Waals surface area contributed by atoms with Gasteiger partial charge >= 0.3 is 11.9 Å². The fourth-order valence-electron chi connectivity index (χ4n) is 2.33. The maximum Gasteiger partial charge on any atom is 0.422 e. The Morgan fingerprint density at radius 3 is 2.56 bits per heavy atom. The third-order valence-electron chi connectivity index (χ3n) is 3.60. The van der Waals surface area contributed by atoms with E-state index in [4.69, 9.17) is 0 Å². The van der Waals surface area contributed by atoms with Crippen LogP contribution in [-0.2, 0) is 17.9 Å². The zero-order chi connectivity index (χ0) is 19.4. The smallest absolute Gasteiger partial charge is 0.422 e. The molecule has 3 rings (SSSR count). The Hall–Kier alpha value is -3.30. The van der Waals surface area contributed by atoms with Crippen LogP contribution in [0.25, 0.3) is 5.65 Å². The van der Waals surface area contributed by atoms with Gasteiger partial charge in [-0.25, -0.2) is 9.48 Å². The second-order valence-electron chi connectivity index (χ2n) is 5.69. The lowest BCUT2D eigenvalue weighted by molar-refractivity contribution is -0.153. The molecule has 3 aromatic rings. The number of hydrogen-bond acceptors (Lipinski definition) is 4. The molecule has 0 aliphatic carbocycles. The maximum absolute atomic E-state index is 12.1. The maximum atomic E-state index is 12.1. The number of rotatable bonds is 6. The molecule has 27 heavy (non-hydrogen) atoms. The number of nitrogens with zero attached hydrogens (tertiary/aromatic N) is 3. The van der Waals surface area contributed by atoms with Gasteiger partial charge in [0.1, 0.15) is 12.3 Å². The topological polar surface area (TPSA) is 77.6 Å². The van der Waals surface area contributed by atoms with Crippen molar-refractivity contribution in [3.63, 3.8) is 0 Å². The molecule has 0 radical (unpaired) electrons. The highest BCUT2D eigenvalue weighted by Crippen LogP contribution is 2.18. The highest BCUT2D eigenvalue weighted by molar-refractivity contribution is 5.75. The first-order valence-electron chi connectivity index (χ1n) is 7.91. The third-order valence-corrected chi connectivity index (χ3v) is 3.60. The Morgan fingerprint density at radius 2 is 1.89 bits per heavy atom. The summed E-state index contributed by atoms with van der Waals surface area (Å²) in [4.78, 5) is 24.1. The van der Waals surface area contributed by atoms with Crippen molar-refractivity contribution in [1.29, 1.82) is 0 Å². The molecule has 1 N–H and O–H groups in total. The van der Waals surface area contributed by atoms with Gasteiger partial charge in [0.25, 0.3) is 0 Å². The van der Waals surface area contributed by atoms with Gasteiger partial charge in [0.05, 0.1) is 0 Å². The molecule has 0 unspecified atom stereocenters. The predicted octanol–water partition coefficient (Wildman–Crippen LogP) is 1.75. The van der Waals surface area contributed by atoms with Gasteiger partial charge < -0.3 is 10.1 Å². The zero-order valence-electron chi connectivity index (χ0n) is 13.9. The van der Waals surface area contributed by atoms with Crippen molar-refractivity contribution in [2.24, 2.45) is 0 Å². The second kappa shape index (κ2) is 7.52. The second-order valence-corrected chi connectivity index (χ2v) is 5.69. The van der Waals surface area contributed by atoms with E-state index >= 15 is 0 Å². The van der Waals surface area contributed by atoms with Gasteiger partial charge in [-0.2, -0.15) is 13.2 Å². The van der Waals surface area contributed by atoms with Crippen LogP contribution in [0, 0.1) is 0 Å². The molecule has 0 aliphatic rings. The Morgan fingerprint density at radius 1 is 1.15 bits per heavy atom. The van der Waals surface area contributed by atoms with E-state index in [9.17, 15) is 22.8 Å². The van der Waals surface area contributed by atoms with E-state index in [0.717, 1.165) is 4.68 Å². The van der Waals surface area contributed by atoms with Gasteiger partial charge in [-0.1, -0.05) is 18.2 Å². The number of benzene rings is 1. The molecule has 7 nitrogen and oxygen atoms in total. The molecule has 1 amide bonds. The molecule has 0 saturated carbocycles. The van der Waals surface area contributed by atoms with Gasteiger partial charge in [-0.15, -0.1) is 5.10 Å². The van der Waals surface area contributed by atoms with E-state index in [-0.39, 0.29) is 18.8 Å². The number of hydrogen-bond donors (Lipinski definition) is 1. The molecule has 2 heterocycles. The van der Waals surface area contributed by atoms with Crippen LogP contribution in [0.4, 0.5) is 13.2 Å². The third kappa shape index (κ3) is 4.87. The van der Waals surface area contributed by atoms with Crippen LogP contribution >= 0.6 is 0 Å². The monoisotopic (exact) mass is 380 g/mol. The Labute approximate surface area is 151 Å². The molecular formula is C17H15F3N4O3. The van der Waals surface area contributed by atoms with Crippen LogP contribution < -0.4 is 15.7 Å². The average molecular weight is 380 g/mol. The molecule has 1 aromatic carbocycles. The molecule has 0 atom stereocenters. The number of aromatic nitrogens is 3. The van der Waals surface area contributed by atoms with Gasteiger partial charge in [0.2, 0.25) is 5.91 Å². The van der Waals surface area contributed by atoms with Crippen LogP contribution in [-0.4, -0.2) is 32.9 Å². The minimum absolute atomic E-state index is 0.0821. The number of amides is 1. The molecule has 2 aromatic heterocycles. The number of carbonyl (C=O) groups is 1. The highest BCUT2D eigenvalue weighted by Gasteiger charge is 2.28. The molecule has 142 valence electrons. The van der Waals surface area contributed by atoms with Gasteiger partial charge in [-0.05, 0) is 29.8 Å². The average Bonchev–Trinajstić information content (AvgIpc) is 2.94. The SMILES string of the molecule is O=C(Cn1nc2ccccn2c1=O)NCc1ccc(OCC(F)(F)F)cc1. The van der Waals surface area contributed by atoms with Gasteiger partial charge in [0, 0.05) is 12.7 Å². The summed E-state index contributed by atoms with van der Waals surface area (Å²) < 4.78 is 43.3. The Bertz CT molecular complexity index is 993. The van der Waals surface area contributed by atoms with Crippen molar-refractivity contribution in [2.75, 3.05) is 6.61 Å². The Balaban J connectivity index is 1.54. The molecule has 0 bridgehead atoms. The molecule has 0 saturated heterocycles. The number of pyridine rings is 1. The van der Waals surface area contributed by atoms with Crippen molar-refractivity contribution in [3.05, 3.63) is 64.7 Å². The van der Waals surface area contributed by atoms with Crippen LogP contribution in [0.2, 0.25) is 0 Å². The summed E-state index contributed by atoms with van der Waals surface area (Å²) in [5, 5.41) is 6.68. The van der Waals surface area contributed by atoms with E-state index in [1.165, 1.54) is 16.5 Å². The number of fused-ring (bicyclic) bond motifs is 1. The zero-order valence-corrected chi connectivity index (χ0v) is 13.9. The van der Waals surface area contributed by atoms with E-state index in [2.05, 4.69) is 15.2 Å². The first-order chi connectivity index (χ1) is 12.8. The number of alkyl halides is 3. The quantitative estimate of drug-likeness (QED) is 0.707. The van der Waals surface area contributed by atoms with E-state index in [1.54, 1.807) is 36.5 Å². The van der Waals surface area contributed by atoms with E-state index in [0.29, 0.717) is 11.2 Å². The summed E-state index contributed by atoms with van der Waals surface area (Å²) >= 11 is 0. The lowest BCUT2D eigenvalue weighted by Crippen LogP contribution is -2.32. The molecule has 10 heteroatoms. The van der Waals surface area contributed by atoms with Crippen molar-refractivity contribution in [3.8, 4) is 5.75 Å². The number of carbonyl (C=O) groups excluding carboxylic acids is 1. The Kier molecular flexibility index (Phi) is 5.15. The van der Waals surface area contributed by atoms with E-state index in [1.807, 2.05) is 0 Å². The molecule has 0 spiro atoms. The standard InChI is InChI=1S/C17H15F3N4O3/c18-17(19,20)11-27-13-6-4-12(5-7-13)9-21-15(25)10-24-16(26)23-8-2-1-3-14(23)22-24/h1-8H,9-11H2,(H,21,25). The summed E-state index contributed by atoms with van der Waals surface area (Å²) in [5.41, 5.74) is 0.682. The fourth-order valence-corrected chi connectivity index (χ4v) is 2.33. The van der Waals surface area contributed by atoms with Gasteiger partial charge in [0.15, 0.2) is 12.3 Å². The number of halogens is 3. The first kappa shape index (κ1) is 18.5.